The Kier molecular flexibility index (Phi) is 5.51. The van der Waals surface area contributed by atoms with E-state index in [1.165, 1.54) is 39.0 Å². The molecule has 3 heterocycles. The molecule has 0 amide bonds. The lowest BCUT2D eigenvalue weighted by Gasteiger charge is -2.42. The van der Waals surface area contributed by atoms with E-state index in [9.17, 15) is 0 Å². The topological polar surface area (TPSA) is 51.0 Å². The number of nitrogens with two attached hydrogens (primary N) is 1. The highest BCUT2D eigenvalue weighted by Gasteiger charge is 2.42. The summed E-state index contributed by atoms with van der Waals surface area (Å²) in [5.74, 6) is 0. The van der Waals surface area contributed by atoms with Crippen LogP contribution in [0.2, 0.25) is 0 Å². The van der Waals surface area contributed by atoms with Gasteiger partial charge in [-0.3, -0.25) is 4.90 Å². The first kappa shape index (κ1) is 15.7. The van der Waals surface area contributed by atoms with Crippen LogP contribution in [0.3, 0.4) is 0 Å². The lowest BCUT2D eigenvalue weighted by Crippen LogP contribution is -2.50. The van der Waals surface area contributed by atoms with Crippen LogP contribution < -0.4 is 5.73 Å². The molecule has 0 radical (unpaired) electrons. The molecule has 2 unspecified atom stereocenters. The Morgan fingerprint density at radius 3 is 2.90 bits per heavy atom. The molecule has 0 aromatic rings. The number of rotatable bonds is 4. The van der Waals surface area contributed by atoms with E-state index in [0.717, 1.165) is 52.2 Å². The highest BCUT2D eigenvalue weighted by molar-refractivity contribution is 4.94. The molecule has 3 aliphatic heterocycles. The summed E-state index contributed by atoms with van der Waals surface area (Å²) in [5, 5.41) is 0. The third-order valence-corrected chi connectivity index (χ3v) is 5.35. The molecule has 122 valence electrons. The molecule has 0 aliphatic carbocycles. The van der Waals surface area contributed by atoms with E-state index in [0.29, 0.717) is 6.04 Å². The molecule has 5 nitrogen and oxygen atoms in total. The Balaban J connectivity index is 1.52. The molecule has 0 aromatic heterocycles. The Bertz CT molecular complexity index is 321. The van der Waals surface area contributed by atoms with Gasteiger partial charge >= 0.3 is 0 Å². The SMILES string of the molecule is NCCCN1CCCN(C2CCOC3(CCOC3)C2)CC1. The van der Waals surface area contributed by atoms with E-state index < -0.39 is 0 Å². The van der Waals surface area contributed by atoms with Crippen LogP contribution in [-0.4, -0.2) is 80.5 Å². The lowest BCUT2D eigenvalue weighted by atomic mass is 9.89. The van der Waals surface area contributed by atoms with Crippen molar-refractivity contribution in [2.45, 2.75) is 43.7 Å². The molecule has 1 spiro atoms. The van der Waals surface area contributed by atoms with Crippen molar-refractivity contribution in [1.82, 2.24) is 9.80 Å². The van der Waals surface area contributed by atoms with Gasteiger partial charge in [0.1, 0.15) is 0 Å². The summed E-state index contributed by atoms with van der Waals surface area (Å²) in [6.07, 6.45) is 5.84. The molecular formula is C16H31N3O2. The summed E-state index contributed by atoms with van der Waals surface area (Å²) >= 11 is 0. The van der Waals surface area contributed by atoms with Crippen LogP contribution in [0, 0.1) is 0 Å². The second kappa shape index (κ2) is 7.38. The van der Waals surface area contributed by atoms with Crippen molar-refractivity contribution in [3.05, 3.63) is 0 Å². The molecule has 0 aromatic carbocycles. The molecule has 2 atom stereocenters. The number of ether oxygens (including phenoxy) is 2. The van der Waals surface area contributed by atoms with Gasteiger partial charge in [0, 0.05) is 38.8 Å². The van der Waals surface area contributed by atoms with Gasteiger partial charge in [-0.2, -0.15) is 0 Å². The van der Waals surface area contributed by atoms with Crippen LogP contribution in [0.5, 0.6) is 0 Å². The van der Waals surface area contributed by atoms with Crippen molar-refractivity contribution in [2.75, 3.05) is 59.1 Å². The van der Waals surface area contributed by atoms with Crippen molar-refractivity contribution >= 4 is 0 Å². The highest BCUT2D eigenvalue weighted by atomic mass is 16.6. The Hall–Kier alpha value is -0.200. The molecule has 0 saturated carbocycles. The normalized spacial score (nSPS) is 36.1. The van der Waals surface area contributed by atoms with Gasteiger partial charge in [-0.25, -0.2) is 0 Å². The zero-order valence-electron chi connectivity index (χ0n) is 13.3. The van der Waals surface area contributed by atoms with Crippen LogP contribution in [-0.2, 0) is 9.47 Å². The zero-order chi connectivity index (χ0) is 14.5. The van der Waals surface area contributed by atoms with Gasteiger partial charge in [0.15, 0.2) is 0 Å². The minimum atomic E-state index is 0.0362. The molecule has 3 rings (SSSR count). The van der Waals surface area contributed by atoms with Gasteiger partial charge in [0.05, 0.1) is 12.2 Å². The predicted octanol–water partition coefficient (Wildman–Crippen LogP) is 0.681. The maximum atomic E-state index is 6.08. The molecule has 3 aliphatic rings. The number of hydrogen-bond acceptors (Lipinski definition) is 5. The number of hydrogen-bond donors (Lipinski definition) is 1. The molecule has 21 heavy (non-hydrogen) atoms. The van der Waals surface area contributed by atoms with Crippen LogP contribution in [0.15, 0.2) is 0 Å². The summed E-state index contributed by atoms with van der Waals surface area (Å²) in [6.45, 7) is 9.42. The van der Waals surface area contributed by atoms with Gasteiger partial charge in [0.2, 0.25) is 0 Å². The molecule has 3 fully saturated rings. The summed E-state index contributed by atoms with van der Waals surface area (Å²) in [4.78, 5) is 5.30. The van der Waals surface area contributed by atoms with E-state index in [4.69, 9.17) is 15.2 Å². The summed E-state index contributed by atoms with van der Waals surface area (Å²) < 4.78 is 11.7. The summed E-state index contributed by atoms with van der Waals surface area (Å²) in [5.41, 5.74) is 5.67. The van der Waals surface area contributed by atoms with Crippen LogP contribution in [0.4, 0.5) is 0 Å². The maximum Gasteiger partial charge on any atom is 0.0951 e. The third-order valence-electron chi connectivity index (χ3n) is 5.35. The second-order valence-corrected chi connectivity index (χ2v) is 6.85. The van der Waals surface area contributed by atoms with Gasteiger partial charge < -0.3 is 20.1 Å². The Morgan fingerprint density at radius 1 is 1.14 bits per heavy atom. The van der Waals surface area contributed by atoms with E-state index in [-0.39, 0.29) is 5.60 Å². The third kappa shape index (κ3) is 3.96. The average Bonchev–Trinajstić information content (AvgIpc) is 2.82. The molecule has 0 bridgehead atoms. The van der Waals surface area contributed by atoms with Crippen LogP contribution in [0.1, 0.15) is 32.1 Å². The molecular weight excluding hydrogens is 266 g/mol. The highest BCUT2D eigenvalue weighted by Crippen LogP contribution is 2.35. The van der Waals surface area contributed by atoms with Crippen molar-refractivity contribution in [2.24, 2.45) is 5.73 Å². The lowest BCUT2D eigenvalue weighted by molar-refractivity contribution is -0.106. The second-order valence-electron chi connectivity index (χ2n) is 6.85. The first-order valence-electron chi connectivity index (χ1n) is 8.69. The quantitative estimate of drug-likeness (QED) is 0.827. The van der Waals surface area contributed by atoms with Gasteiger partial charge in [0.25, 0.3) is 0 Å². The van der Waals surface area contributed by atoms with Crippen LogP contribution in [0.25, 0.3) is 0 Å². The summed E-state index contributed by atoms with van der Waals surface area (Å²) in [7, 11) is 0. The minimum Gasteiger partial charge on any atom is -0.378 e. The monoisotopic (exact) mass is 297 g/mol. The standard InChI is InChI=1S/C16H31N3O2/c17-5-1-6-18-7-2-8-19(10-9-18)15-3-11-21-16(13-15)4-12-20-14-16/h15H,1-14,17H2. The minimum absolute atomic E-state index is 0.0362. The Labute approximate surface area is 128 Å². The van der Waals surface area contributed by atoms with E-state index >= 15 is 0 Å². The van der Waals surface area contributed by atoms with E-state index in [1.807, 2.05) is 0 Å². The van der Waals surface area contributed by atoms with Gasteiger partial charge in [-0.15, -0.1) is 0 Å². The van der Waals surface area contributed by atoms with Crippen molar-refractivity contribution in [3.8, 4) is 0 Å². The molecule has 5 heteroatoms. The van der Waals surface area contributed by atoms with Gasteiger partial charge in [-0.1, -0.05) is 0 Å². The summed E-state index contributed by atoms with van der Waals surface area (Å²) in [6, 6.07) is 0.690. The van der Waals surface area contributed by atoms with E-state index in [1.54, 1.807) is 0 Å². The molecule has 2 N–H and O–H groups in total. The van der Waals surface area contributed by atoms with Crippen molar-refractivity contribution in [1.29, 1.82) is 0 Å². The predicted molar refractivity (Wildman–Crippen MR) is 83.4 cm³/mol. The van der Waals surface area contributed by atoms with Crippen molar-refractivity contribution < 1.29 is 9.47 Å². The van der Waals surface area contributed by atoms with Crippen LogP contribution >= 0.6 is 0 Å². The average molecular weight is 297 g/mol. The van der Waals surface area contributed by atoms with E-state index in [2.05, 4.69) is 9.80 Å². The zero-order valence-corrected chi connectivity index (χ0v) is 13.3. The smallest absolute Gasteiger partial charge is 0.0951 e. The first-order valence-corrected chi connectivity index (χ1v) is 8.69. The maximum absolute atomic E-state index is 6.08. The fourth-order valence-electron chi connectivity index (χ4n) is 4.07. The molecule has 3 saturated heterocycles. The van der Waals surface area contributed by atoms with Crippen molar-refractivity contribution in [3.63, 3.8) is 0 Å². The fraction of sp³-hybridized carbons (Fsp3) is 1.00. The largest absolute Gasteiger partial charge is 0.378 e. The first-order chi connectivity index (χ1) is 10.3. The number of nitrogens with zero attached hydrogens (tertiary/aromatic N) is 2. The van der Waals surface area contributed by atoms with Gasteiger partial charge in [-0.05, 0) is 51.9 Å². The Morgan fingerprint density at radius 2 is 2.10 bits per heavy atom. The fourth-order valence-corrected chi connectivity index (χ4v) is 4.07.